The molecule has 0 rings (SSSR count). The van der Waals surface area contributed by atoms with E-state index >= 15 is 0 Å². The van der Waals surface area contributed by atoms with E-state index in [0.717, 1.165) is 12.8 Å². The summed E-state index contributed by atoms with van der Waals surface area (Å²) in [5.74, 6) is 0.671. The lowest BCUT2D eigenvalue weighted by atomic mass is 9.74. The summed E-state index contributed by atoms with van der Waals surface area (Å²) in [5.41, 5.74) is 0.342. The summed E-state index contributed by atoms with van der Waals surface area (Å²) < 4.78 is 0. The van der Waals surface area contributed by atoms with Gasteiger partial charge in [-0.25, -0.2) is 0 Å². The topological polar surface area (TPSA) is 20.2 Å². The van der Waals surface area contributed by atoms with Crippen LogP contribution >= 0.6 is 0 Å². The molecule has 0 heterocycles. The van der Waals surface area contributed by atoms with Gasteiger partial charge in [0.05, 0.1) is 0 Å². The number of aliphatic hydroxyl groups excluding tert-OH is 1. The van der Waals surface area contributed by atoms with Crippen molar-refractivity contribution in [2.45, 2.75) is 40.5 Å². The molecule has 0 aromatic rings. The van der Waals surface area contributed by atoms with Gasteiger partial charge in [0.15, 0.2) is 0 Å². The Morgan fingerprint density at radius 3 is 2.00 bits per heavy atom. The molecule has 0 radical (unpaired) electrons. The molecule has 0 aliphatic heterocycles. The molecule has 0 amide bonds. The Hall–Kier alpha value is -0.0400. The molecule has 0 bridgehead atoms. The number of hydrogen-bond acceptors (Lipinski definition) is 1. The zero-order valence-corrected chi connectivity index (χ0v) is 7.65. The van der Waals surface area contributed by atoms with Gasteiger partial charge in [-0.1, -0.05) is 34.1 Å². The number of rotatable bonds is 4. The van der Waals surface area contributed by atoms with Gasteiger partial charge in [0, 0.05) is 6.61 Å². The molecule has 1 unspecified atom stereocenters. The van der Waals surface area contributed by atoms with E-state index < -0.39 is 0 Å². The van der Waals surface area contributed by atoms with Gasteiger partial charge in [-0.05, 0) is 17.8 Å². The maximum Gasteiger partial charge on any atom is 0.0436 e. The van der Waals surface area contributed by atoms with E-state index in [1.54, 1.807) is 0 Å². The lowest BCUT2D eigenvalue weighted by Crippen LogP contribution is -2.23. The Morgan fingerprint density at radius 2 is 1.90 bits per heavy atom. The van der Waals surface area contributed by atoms with Crippen LogP contribution < -0.4 is 0 Å². The van der Waals surface area contributed by atoms with E-state index in [0.29, 0.717) is 17.9 Å². The van der Waals surface area contributed by atoms with E-state index in [-0.39, 0.29) is 0 Å². The SMILES string of the molecule is CCC(C)(CCO)C(C)C. The predicted molar refractivity (Wildman–Crippen MR) is 44.9 cm³/mol. The molecule has 0 saturated carbocycles. The third kappa shape index (κ3) is 2.30. The summed E-state index contributed by atoms with van der Waals surface area (Å²) in [4.78, 5) is 0. The second-order valence-corrected chi connectivity index (χ2v) is 3.64. The fourth-order valence-electron chi connectivity index (χ4n) is 1.13. The fourth-order valence-corrected chi connectivity index (χ4v) is 1.13. The van der Waals surface area contributed by atoms with Crippen molar-refractivity contribution >= 4 is 0 Å². The lowest BCUT2D eigenvalue weighted by Gasteiger charge is -2.31. The summed E-state index contributed by atoms with van der Waals surface area (Å²) in [6, 6.07) is 0. The molecule has 10 heavy (non-hydrogen) atoms. The summed E-state index contributed by atoms with van der Waals surface area (Å²) >= 11 is 0. The molecular formula is C9H20O. The van der Waals surface area contributed by atoms with Crippen molar-refractivity contribution in [3.05, 3.63) is 0 Å². The Kier molecular flexibility index (Phi) is 3.95. The highest BCUT2D eigenvalue weighted by molar-refractivity contribution is 4.75. The zero-order chi connectivity index (χ0) is 8.20. The minimum Gasteiger partial charge on any atom is -0.396 e. The van der Waals surface area contributed by atoms with Crippen molar-refractivity contribution in [2.24, 2.45) is 11.3 Å². The van der Waals surface area contributed by atoms with Crippen LogP contribution in [0.15, 0.2) is 0 Å². The van der Waals surface area contributed by atoms with Crippen LogP contribution in [0.5, 0.6) is 0 Å². The highest BCUT2D eigenvalue weighted by Gasteiger charge is 2.24. The summed E-state index contributed by atoms with van der Waals surface area (Å²) in [6.45, 7) is 9.20. The second kappa shape index (κ2) is 3.97. The van der Waals surface area contributed by atoms with Crippen LogP contribution in [-0.2, 0) is 0 Å². The first-order chi connectivity index (χ1) is 4.56. The predicted octanol–water partition coefficient (Wildman–Crippen LogP) is 2.44. The average molecular weight is 144 g/mol. The molecular weight excluding hydrogens is 124 g/mol. The van der Waals surface area contributed by atoms with E-state index in [2.05, 4.69) is 27.7 Å². The van der Waals surface area contributed by atoms with Crippen molar-refractivity contribution in [2.75, 3.05) is 6.61 Å². The first kappa shape index (κ1) is 9.96. The van der Waals surface area contributed by atoms with Gasteiger partial charge in [-0.2, -0.15) is 0 Å². The molecule has 62 valence electrons. The number of hydrogen-bond donors (Lipinski definition) is 1. The van der Waals surface area contributed by atoms with Crippen molar-refractivity contribution in [1.29, 1.82) is 0 Å². The largest absolute Gasteiger partial charge is 0.396 e. The molecule has 0 aliphatic carbocycles. The number of aliphatic hydroxyl groups is 1. The van der Waals surface area contributed by atoms with Gasteiger partial charge in [0.25, 0.3) is 0 Å². The minimum absolute atomic E-state index is 0.322. The Morgan fingerprint density at radius 1 is 1.40 bits per heavy atom. The van der Waals surface area contributed by atoms with Crippen molar-refractivity contribution in [3.63, 3.8) is 0 Å². The molecule has 0 aromatic carbocycles. The lowest BCUT2D eigenvalue weighted by molar-refractivity contribution is 0.139. The van der Waals surface area contributed by atoms with Crippen LogP contribution in [0.25, 0.3) is 0 Å². The molecule has 1 N–H and O–H groups in total. The molecule has 1 heteroatoms. The van der Waals surface area contributed by atoms with Crippen LogP contribution in [0.1, 0.15) is 40.5 Å². The van der Waals surface area contributed by atoms with Gasteiger partial charge >= 0.3 is 0 Å². The van der Waals surface area contributed by atoms with Gasteiger partial charge in [-0.3, -0.25) is 0 Å². The van der Waals surface area contributed by atoms with Gasteiger partial charge in [-0.15, -0.1) is 0 Å². The summed E-state index contributed by atoms with van der Waals surface area (Å²) in [7, 11) is 0. The summed E-state index contributed by atoms with van der Waals surface area (Å²) in [6.07, 6.45) is 2.09. The standard InChI is InChI=1S/C9H20O/c1-5-9(4,6-7-10)8(2)3/h8,10H,5-7H2,1-4H3. The van der Waals surface area contributed by atoms with Crippen LogP contribution in [0.2, 0.25) is 0 Å². The molecule has 0 aliphatic rings. The first-order valence-electron chi connectivity index (χ1n) is 4.17. The van der Waals surface area contributed by atoms with Crippen LogP contribution in [-0.4, -0.2) is 11.7 Å². The molecule has 1 atom stereocenters. The second-order valence-electron chi connectivity index (χ2n) is 3.64. The third-order valence-electron chi connectivity index (χ3n) is 2.88. The maximum atomic E-state index is 8.78. The molecule has 0 spiro atoms. The molecule has 1 nitrogen and oxygen atoms in total. The third-order valence-corrected chi connectivity index (χ3v) is 2.88. The normalized spacial score (nSPS) is 17.4. The average Bonchev–Trinajstić information content (AvgIpc) is 1.88. The molecule has 0 fully saturated rings. The Bertz CT molecular complexity index is 88.7. The highest BCUT2D eigenvalue weighted by Crippen LogP contribution is 2.33. The van der Waals surface area contributed by atoms with Crippen LogP contribution in [0.3, 0.4) is 0 Å². The van der Waals surface area contributed by atoms with E-state index in [4.69, 9.17) is 5.11 Å². The monoisotopic (exact) mass is 144 g/mol. The first-order valence-corrected chi connectivity index (χ1v) is 4.17. The van der Waals surface area contributed by atoms with Crippen LogP contribution in [0, 0.1) is 11.3 Å². The fraction of sp³-hybridized carbons (Fsp3) is 1.00. The summed E-state index contributed by atoms with van der Waals surface area (Å²) in [5, 5.41) is 8.78. The van der Waals surface area contributed by atoms with Gasteiger partial charge in [0.2, 0.25) is 0 Å². The van der Waals surface area contributed by atoms with Crippen LogP contribution in [0.4, 0.5) is 0 Å². The van der Waals surface area contributed by atoms with E-state index in [1.807, 2.05) is 0 Å². The quantitative estimate of drug-likeness (QED) is 0.642. The van der Waals surface area contributed by atoms with E-state index in [9.17, 15) is 0 Å². The smallest absolute Gasteiger partial charge is 0.0436 e. The van der Waals surface area contributed by atoms with Crippen molar-refractivity contribution in [1.82, 2.24) is 0 Å². The van der Waals surface area contributed by atoms with Gasteiger partial charge < -0.3 is 5.11 Å². The molecule has 0 saturated heterocycles. The Balaban J connectivity index is 3.94. The zero-order valence-electron chi connectivity index (χ0n) is 7.65. The van der Waals surface area contributed by atoms with Crippen molar-refractivity contribution in [3.8, 4) is 0 Å². The minimum atomic E-state index is 0.322. The molecule has 0 aromatic heterocycles. The highest BCUT2D eigenvalue weighted by atomic mass is 16.3. The van der Waals surface area contributed by atoms with E-state index in [1.165, 1.54) is 0 Å². The maximum absolute atomic E-state index is 8.78. The Labute approximate surface area is 64.5 Å². The van der Waals surface area contributed by atoms with Crippen molar-refractivity contribution < 1.29 is 5.11 Å². The van der Waals surface area contributed by atoms with Gasteiger partial charge in [0.1, 0.15) is 0 Å².